The van der Waals surface area contributed by atoms with Crippen molar-refractivity contribution in [1.29, 1.82) is 0 Å². The number of nitrogens with zero attached hydrogens (tertiary/aromatic N) is 1. The number of ether oxygens (including phenoxy) is 2. The van der Waals surface area contributed by atoms with Gasteiger partial charge in [-0.05, 0) is 26.2 Å². The molecule has 2 aliphatic heterocycles. The summed E-state index contributed by atoms with van der Waals surface area (Å²) in [5.41, 5.74) is 0.514. The van der Waals surface area contributed by atoms with Crippen LogP contribution in [0.25, 0.3) is 0 Å². The summed E-state index contributed by atoms with van der Waals surface area (Å²) in [4.78, 5) is 2.64. The van der Waals surface area contributed by atoms with Crippen molar-refractivity contribution in [3.8, 4) is 0 Å². The van der Waals surface area contributed by atoms with Gasteiger partial charge < -0.3 is 9.47 Å². The summed E-state index contributed by atoms with van der Waals surface area (Å²) < 4.78 is 11.2. The molecule has 0 N–H and O–H groups in total. The van der Waals surface area contributed by atoms with Crippen LogP contribution in [-0.4, -0.2) is 50.0 Å². The number of hydrogen-bond donors (Lipinski definition) is 0. The molecule has 0 aromatic heterocycles. The van der Waals surface area contributed by atoms with Crippen LogP contribution in [0.1, 0.15) is 40.0 Å². The zero-order valence-corrected chi connectivity index (χ0v) is 11.6. The largest absolute Gasteiger partial charge is 0.381 e. The summed E-state index contributed by atoms with van der Waals surface area (Å²) in [6.07, 6.45) is 4.53. The Morgan fingerprint density at radius 1 is 1.35 bits per heavy atom. The van der Waals surface area contributed by atoms with Crippen LogP contribution in [0.2, 0.25) is 0 Å². The summed E-state index contributed by atoms with van der Waals surface area (Å²) in [7, 11) is 0. The van der Waals surface area contributed by atoms with E-state index in [0.29, 0.717) is 17.6 Å². The minimum atomic E-state index is 0.514. The first-order chi connectivity index (χ1) is 8.31. The molecule has 3 rings (SSSR count). The molecule has 2 bridgehead atoms. The summed E-state index contributed by atoms with van der Waals surface area (Å²) in [5.74, 6) is 0. The van der Waals surface area contributed by atoms with Gasteiger partial charge in [-0.25, -0.2) is 0 Å². The predicted molar refractivity (Wildman–Crippen MR) is 69.2 cm³/mol. The van der Waals surface area contributed by atoms with Gasteiger partial charge in [0.15, 0.2) is 0 Å². The minimum absolute atomic E-state index is 0.514. The van der Waals surface area contributed by atoms with Crippen LogP contribution in [-0.2, 0) is 9.47 Å². The van der Waals surface area contributed by atoms with Crippen molar-refractivity contribution in [2.45, 2.75) is 52.2 Å². The number of morpholine rings is 1. The molecule has 0 radical (unpaired) electrons. The highest BCUT2D eigenvalue weighted by Gasteiger charge is 2.48. The second-order valence-corrected chi connectivity index (χ2v) is 5.41. The monoisotopic (exact) mass is 241 g/mol. The average Bonchev–Trinajstić information content (AvgIpc) is 2.82. The highest BCUT2D eigenvalue weighted by molar-refractivity contribution is 5.00. The molecule has 0 aromatic rings. The van der Waals surface area contributed by atoms with E-state index in [2.05, 4.69) is 11.8 Å². The summed E-state index contributed by atoms with van der Waals surface area (Å²) in [6, 6.07) is 0.717. The van der Waals surface area contributed by atoms with Crippen molar-refractivity contribution in [1.82, 2.24) is 4.90 Å². The Kier molecular flexibility index (Phi) is 4.45. The number of fused-ring (bicyclic) bond motifs is 2. The Hall–Kier alpha value is -0.120. The fourth-order valence-corrected chi connectivity index (χ4v) is 2.95. The standard InChI is InChI=1S/C12H21NO2.C2H6/c1-2-14-9-12(3-4-12)8-13-6-11-5-10(13)7-15-11;1-2/h10-11H,2-9H2,1H3;1-2H3. The summed E-state index contributed by atoms with van der Waals surface area (Å²) in [5, 5.41) is 0. The van der Waals surface area contributed by atoms with Gasteiger partial charge in [0.2, 0.25) is 0 Å². The first kappa shape index (κ1) is 13.3. The zero-order valence-electron chi connectivity index (χ0n) is 11.6. The third kappa shape index (κ3) is 3.01. The molecule has 2 saturated heterocycles. The van der Waals surface area contributed by atoms with E-state index in [0.717, 1.165) is 19.8 Å². The smallest absolute Gasteiger partial charge is 0.0718 e. The molecule has 0 amide bonds. The molecule has 3 heteroatoms. The minimum Gasteiger partial charge on any atom is -0.381 e. The van der Waals surface area contributed by atoms with Crippen LogP contribution in [0.3, 0.4) is 0 Å². The maximum atomic E-state index is 5.63. The lowest BCUT2D eigenvalue weighted by molar-refractivity contribution is 0.00973. The van der Waals surface area contributed by atoms with Gasteiger partial charge in [0.1, 0.15) is 0 Å². The molecule has 3 aliphatic rings. The maximum Gasteiger partial charge on any atom is 0.0718 e. The Bertz CT molecular complexity index is 240. The summed E-state index contributed by atoms with van der Waals surface area (Å²) >= 11 is 0. The van der Waals surface area contributed by atoms with Gasteiger partial charge in [0.25, 0.3) is 0 Å². The van der Waals surface area contributed by atoms with Crippen molar-refractivity contribution in [3.05, 3.63) is 0 Å². The fourth-order valence-electron chi connectivity index (χ4n) is 2.95. The second kappa shape index (κ2) is 5.68. The lowest BCUT2D eigenvalue weighted by Crippen LogP contribution is -2.41. The number of rotatable bonds is 5. The first-order valence-electron chi connectivity index (χ1n) is 7.25. The molecule has 17 heavy (non-hydrogen) atoms. The second-order valence-electron chi connectivity index (χ2n) is 5.41. The Morgan fingerprint density at radius 2 is 2.12 bits per heavy atom. The number of likely N-dealkylation sites (tertiary alicyclic amines) is 1. The third-order valence-electron chi connectivity index (χ3n) is 4.12. The predicted octanol–water partition coefficient (Wildman–Crippen LogP) is 2.30. The van der Waals surface area contributed by atoms with Crippen LogP contribution in [0.4, 0.5) is 0 Å². The Morgan fingerprint density at radius 3 is 2.59 bits per heavy atom. The molecule has 2 unspecified atom stereocenters. The van der Waals surface area contributed by atoms with Crippen LogP contribution in [0.5, 0.6) is 0 Å². The van der Waals surface area contributed by atoms with Crippen molar-refractivity contribution in [3.63, 3.8) is 0 Å². The van der Waals surface area contributed by atoms with Crippen LogP contribution >= 0.6 is 0 Å². The topological polar surface area (TPSA) is 21.7 Å². The van der Waals surface area contributed by atoms with Gasteiger partial charge in [0, 0.05) is 31.2 Å². The Balaban J connectivity index is 0.000000514. The fraction of sp³-hybridized carbons (Fsp3) is 1.00. The van der Waals surface area contributed by atoms with E-state index in [4.69, 9.17) is 9.47 Å². The molecule has 100 valence electrons. The van der Waals surface area contributed by atoms with Gasteiger partial charge in [-0.3, -0.25) is 4.90 Å². The quantitative estimate of drug-likeness (QED) is 0.737. The van der Waals surface area contributed by atoms with Gasteiger partial charge in [-0.1, -0.05) is 13.8 Å². The van der Waals surface area contributed by atoms with Crippen molar-refractivity contribution in [2.24, 2.45) is 5.41 Å². The first-order valence-corrected chi connectivity index (χ1v) is 7.25. The van der Waals surface area contributed by atoms with Crippen LogP contribution in [0, 0.1) is 5.41 Å². The molecule has 1 saturated carbocycles. The van der Waals surface area contributed by atoms with E-state index in [1.165, 1.54) is 32.4 Å². The van der Waals surface area contributed by atoms with Crippen LogP contribution in [0.15, 0.2) is 0 Å². The van der Waals surface area contributed by atoms with E-state index in [9.17, 15) is 0 Å². The van der Waals surface area contributed by atoms with E-state index in [-0.39, 0.29) is 0 Å². The van der Waals surface area contributed by atoms with Gasteiger partial charge in [-0.2, -0.15) is 0 Å². The molecule has 3 fully saturated rings. The van der Waals surface area contributed by atoms with Crippen LogP contribution < -0.4 is 0 Å². The SMILES string of the molecule is CC.CCOCC1(CN2CC3CC2CO3)CC1. The van der Waals surface area contributed by atoms with E-state index < -0.39 is 0 Å². The molecule has 3 nitrogen and oxygen atoms in total. The van der Waals surface area contributed by atoms with Crippen molar-refractivity contribution < 1.29 is 9.47 Å². The Labute approximate surface area is 105 Å². The van der Waals surface area contributed by atoms with Crippen molar-refractivity contribution >= 4 is 0 Å². The lowest BCUT2D eigenvalue weighted by Gasteiger charge is -2.30. The van der Waals surface area contributed by atoms with Gasteiger partial charge in [0.05, 0.1) is 19.3 Å². The molecular formula is C14H27NO2. The molecule has 2 atom stereocenters. The summed E-state index contributed by atoms with van der Waals surface area (Å²) in [6.45, 7) is 11.3. The van der Waals surface area contributed by atoms with E-state index in [1.807, 2.05) is 13.8 Å². The highest BCUT2D eigenvalue weighted by Crippen LogP contribution is 2.48. The van der Waals surface area contributed by atoms with Gasteiger partial charge >= 0.3 is 0 Å². The molecular weight excluding hydrogens is 214 g/mol. The van der Waals surface area contributed by atoms with Crippen molar-refractivity contribution in [2.75, 3.05) is 32.9 Å². The van der Waals surface area contributed by atoms with Gasteiger partial charge in [-0.15, -0.1) is 0 Å². The molecule has 2 heterocycles. The maximum absolute atomic E-state index is 5.63. The van der Waals surface area contributed by atoms with E-state index in [1.54, 1.807) is 0 Å². The third-order valence-corrected chi connectivity index (χ3v) is 4.12. The zero-order chi connectivity index (χ0) is 12.3. The molecule has 1 aliphatic carbocycles. The lowest BCUT2D eigenvalue weighted by atomic mass is 10.1. The normalized spacial score (nSPS) is 33.4. The molecule has 0 aromatic carbocycles. The number of hydrogen-bond acceptors (Lipinski definition) is 3. The average molecular weight is 241 g/mol. The molecule has 0 spiro atoms. The highest BCUT2D eigenvalue weighted by atomic mass is 16.5. The van der Waals surface area contributed by atoms with E-state index >= 15 is 0 Å².